The summed E-state index contributed by atoms with van der Waals surface area (Å²) in [5.74, 6) is 0.638. The van der Waals surface area contributed by atoms with Crippen molar-refractivity contribution in [1.29, 1.82) is 0 Å². The van der Waals surface area contributed by atoms with Gasteiger partial charge in [-0.3, -0.25) is 9.59 Å². The molecule has 0 radical (unpaired) electrons. The molecule has 2 heterocycles. The monoisotopic (exact) mass is 499 g/mol. The normalized spacial score (nSPS) is 15.9. The van der Waals surface area contributed by atoms with Crippen molar-refractivity contribution in [1.82, 2.24) is 14.8 Å². The van der Waals surface area contributed by atoms with Crippen molar-refractivity contribution >= 4 is 45.3 Å². The maximum atomic E-state index is 13.0. The molecular weight excluding hydrogens is 466 g/mol. The Morgan fingerprint density at radius 1 is 1.00 bits per heavy atom. The van der Waals surface area contributed by atoms with Crippen LogP contribution in [0.15, 0.2) is 77.8 Å². The predicted molar refractivity (Wildman–Crippen MR) is 149 cm³/mol. The van der Waals surface area contributed by atoms with E-state index in [0.29, 0.717) is 30.4 Å². The average Bonchev–Trinajstić information content (AvgIpc) is 3.28. The Morgan fingerprint density at radius 2 is 1.81 bits per heavy atom. The van der Waals surface area contributed by atoms with Crippen LogP contribution in [-0.4, -0.2) is 46.2 Å². The van der Waals surface area contributed by atoms with Crippen LogP contribution in [0, 0.1) is 0 Å². The van der Waals surface area contributed by atoms with Crippen molar-refractivity contribution in [2.45, 2.75) is 50.1 Å². The average molecular weight is 500 g/mol. The van der Waals surface area contributed by atoms with Crippen LogP contribution in [0.25, 0.3) is 21.7 Å². The molecule has 1 unspecified atom stereocenters. The van der Waals surface area contributed by atoms with Gasteiger partial charge < -0.3 is 14.8 Å². The van der Waals surface area contributed by atoms with E-state index in [2.05, 4.69) is 40.0 Å². The van der Waals surface area contributed by atoms with Crippen LogP contribution in [0.4, 0.5) is 0 Å². The number of carbonyl (C=O) groups is 2. The lowest BCUT2D eigenvalue weighted by Gasteiger charge is -2.35. The number of nitrogens with zero attached hydrogens (tertiary/aromatic N) is 2. The molecule has 3 aromatic carbocycles. The fourth-order valence-corrected chi connectivity index (χ4v) is 6.19. The molecule has 1 aliphatic heterocycles. The van der Waals surface area contributed by atoms with Gasteiger partial charge in [-0.2, -0.15) is 0 Å². The molecule has 36 heavy (non-hydrogen) atoms. The van der Waals surface area contributed by atoms with Gasteiger partial charge in [0.2, 0.25) is 5.91 Å². The third-order valence-electron chi connectivity index (χ3n) is 7.17. The first-order valence-corrected chi connectivity index (χ1v) is 13.9. The summed E-state index contributed by atoms with van der Waals surface area (Å²) in [4.78, 5) is 29.0. The molecule has 2 amide bonds. The highest BCUT2D eigenvalue weighted by molar-refractivity contribution is 8.00. The zero-order valence-corrected chi connectivity index (χ0v) is 21.6. The molecule has 186 valence electrons. The SMILES string of the molecule is CCC1CCCCN1C(=O)CSc1cn(CCNC(=O)c2ccc3ccccc3c2)c2ccccc12. The molecule has 1 fully saturated rings. The molecule has 1 saturated heterocycles. The molecule has 5 rings (SSSR count). The van der Waals surface area contributed by atoms with Gasteiger partial charge in [0.25, 0.3) is 5.91 Å². The topological polar surface area (TPSA) is 54.3 Å². The molecular formula is C30H33N3O2S. The number of benzene rings is 3. The Balaban J connectivity index is 1.23. The Kier molecular flexibility index (Phi) is 7.61. The summed E-state index contributed by atoms with van der Waals surface area (Å²) < 4.78 is 2.18. The van der Waals surface area contributed by atoms with Crippen molar-refractivity contribution in [3.63, 3.8) is 0 Å². The Labute approximate surface area is 216 Å². The number of nitrogens with one attached hydrogen (secondary N) is 1. The van der Waals surface area contributed by atoms with Gasteiger partial charge in [0.1, 0.15) is 0 Å². The standard InChI is InChI=1S/C30H33N3O2S/c1-2-25-11-7-8-17-33(25)29(34)21-36-28-20-32(27-13-6-5-12-26(27)28)18-16-31-30(35)24-15-14-22-9-3-4-10-23(22)19-24/h3-6,9-10,12-15,19-20,25H,2,7-8,11,16-18,21H2,1H3,(H,31,35). The second-order valence-corrected chi connectivity index (χ2v) is 10.5. The second-order valence-electron chi connectivity index (χ2n) is 9.46. The summed E-state index contributed by atoms with van der Waals surface area (Å²) >= 11 is 1.62. The van der Waals surface area contributed by atoms with Crippen LogP contribution in [-0.2, 0) is 11.3 Å². The van der Waals surface area contributed by atoms with Crippen LogP contribution in [0.2, 0.25) is 0 Å². The lowest BCUT2D eigenvalue weighted by Crippen LogP contribution is -2.44. The molecule has 6 heteroatoms. The molecule has 0 bridgehead atoms. The Bertz CT molecular complexity index is 1380. The predicted octanol–water partition coefficient (Wildman–Crippen LogP) is 6.11. The lowest BCUT2D eigenvalue weighted by atomic mass is 10.0. The Morgan fingerprint density at radius 3 is 2.67 bits per heavy atom. The van der Waals surface area contributed by atoms with E-state index >= 15 is 0 Å². The highest BCUT2D eigenvalue weighted by Gasteiger charge is 2.25. The van der Waals surface area contributed by atoms with Crippen molar-refractivity contribution in [3.05, 3.63) is 78.5 Å². The van der Waals surface area contributed by atoms with E-state index in [0.717, 1.165) is 52.4 Å². The maximum absolute atomic E-state index is 13.0. The first-order valence-electron chi connectivity index (χ1n) is 12.9. The smallest absolute Gasteiger partial charge is 0.251 e. The molecule has 1 aromatic heterocycles. The minimum Gasteiger partial charge on any atom is -0.350 e. The van der Waals surface area contributed by atoms with Crippen LogP contribution in [0.3, 0.4) is 0 Å². The largest absolute Gasteiger partial charge is 0.350 e. The number of likely N-dealkylation sites (tertiary alicyclic amines) is 1. The molecule has 4 aromatic rings. The third-order valence-corrected chi connectivity index (χ3v) is 8.20. The molecule has 0 aliphatic carbocycles. The molecule has 0 spiro atoms. The molecule has 5 nitrogen and oxygen atoms in total. The highest BCUT2D eigenvalue weighted by Crippen LogP contribution is 2.31. The summed E-state index contributed by atoms with van der Waals surface area (Å²) in [5.41, 5.74) is 1.79. The number of thioether (sulfide) groups is 1. The Hall–Kier alpha value is -3.25. The van der Waals surface area contributed by atoms with Crippen LogP contribution in [0.5, 0.6) is 0 Å². The van der Waals surface area contributed by atoms with E-state index in [4.69, 9.17) is 0 Å². The van der Waals surface area contributed by atoms with Crippen LogP contribution < -0.4 is 5.32 Å². The molecule has 1 atom stereocenters. The van der Waals surface area contributed by atoms with E-state index in [1.807, 2.05) is 54.6 Å². The molecule has 0 saturated carbocycles. The maximum Gasteiger partial charge on any atom is 0.251 e. The number of fused-ring (bicyclic) bond motifs is 2. The van der Waals surface area contributed by atoms with Crippen LogP contribution >= 0.6 is 11.8 Å². The third kappa shape index (κ3) is 5.29. The van der Waals surface area contributed by atoms with Gasteiger partial charge in [0, 0.05) is 53.2 Å². The van der Waals surface area contributed by atoms with E-state index in [-0.39, 0.29) is 11.8 Å². The zero-order valence-electron chi connectivity index (χ0n) is 20.8. The van der Waals surface area contributed by atoms with Gasteiger partial charge in [0.15, 0.2) is 0 Å². The van der Waals surface area contributed by atoms with E-state index in [9.17, 15) is 9.59 Å². The minimum atomic E-state index is -0.0654. The van der Waals surface area contributed by atoms with Gasteiger partial charge in [0.05, 0.1) is 5.75 Å². The number of hydrogen-bond acceptors (Lipinski definition) is 3. The number of carbonyl (C=O) groups excluding carboxylic acids is 2. The summed E-state index contributed by atoms with van der Waals surface area (Å²) in [6.45, 7) is 4.25. The highest BCUT2D eigenvalue weighted by atomic mass is 32.2. The first-order chi connectivity index (χ1) is 17.6. The molecule has 1 N–H and O–H groups in total. The van der Waals surface area contributed by atoms with E-state index in [1.165, 1.54) is 6.42 Å². The number of hydrogen-bond donors (Lipinski definition) is 1. The fraction of sp³-hybridized carbons (Fsp3) is 0.333. The number of para-hydroxylation sites is 1. The van der Waals surface area contributed by atoms with Crippen molar-refractivity contribution in [3.8, 4) is 0 Å². The lowest BCUT2D eigenvalue weighted by molar-refractivity contribution is -0.132. The molecule has 1 aliphatic rings. The quantitative estimate of drug-likeness (QED) is 0.298. The van der Waals surface area contributed by atoms with Crippen molar-refractivity contribution in [2.24, 2.45) is 0 Å². The van der Waals surface area contributed by atoms with Crippen LogP contribution in [0.1, 0.15) is 43.0 Å². The minimum absolute atomic E-state index is 0.0654. The number of rotatable bonds is 8. The zero-order chi connectivity index (χ0) is 24.9. The number of piperidine rings is 1. The summed E-state index contributed by atoms with van der Waals surface area (Å²) in [5, 5.41) is 6.41. The van der Waals surface area contributed by atoms with Gasteiger partial charge in [-0.15, -0.1) is 11.8 Å². The van der Waals surface area contributed by atoms with E-state index in [1.54, 1.807) is 11.8 Å². The van der Waals surface area contributed by atoms with E-state index < -0.39 is 0 Å². The fourth-order valence-electron chi connectivity index (χ4n) is 5.21. The van der Waals surface area contributed by atoms with Crippen molar-refractivity contribution in [2.75, 3.05) is 18.8 Å². The number of amides is 2. The van der Waals surface area contributed by atoms with Gasteiger partial charge in [-0.05, 0) is 54.7 Å². The van der Waals surface area contributed by atoms with Crippen molar-refractivity contribution < 1.29 is 9.59 Å². The summed E-state index contributed by atoms with van der Waals surface area (Å²) in [7, 11) is 0. The summed E-state index contributed by atoms with van der Waals surface area (Å²) in [6, 6.07) is 22.5. The summed E-state index contributed by atoms with van der Waals surface area (Å²) in [6.07, 6.45) is 6.60. The first kappa shape index (κ1) is 24.4. The van der Waals surface area contributed by atoms with Gasteiger partial charge >= 0.3 is 0 Å². The number of aromatic nitrogens is 1. The second kappa shape index (κ2) is 11.2. The van der Waals surface area contributed by atoms with Gasteiger partial charge in [-0.1, -0.05) is 55.5 Å². The van der Waals surface area contributed by atoms with Gasteiger partial charge in [-0.25, -0.2) is 0 Å².